The molecule has 3 nitrogen and oxygen atoms in total. The van der Waals surface area contributed by atoms with Crippen LogP contribution in [-0.4, -0.2) is 6.71 Å². The first kappa shape index (κ1) is 37.9. The molecule has 0 atom stereocenters. The fourth-order valence-electron chi connectivity index (χ4n) is 10.5. The van der Waals surface area contributed by atoms with Crippen LogP contribution in [-0.2, 0) is 5.41 Å². The average molecular weight is 820 g/mol. The van der Waals surface area contributed by atoms with Crippen molar-refractivity contribution in [2.45, 2.75) is 26.2 Å². The number of benzene rings is 10. The molecule has 4 heteroatoms. The quantitative estimate of drug-likeness (QED) is 0.122. The second-order valence-electron chi connectivity index (χ2n) is 18.1. The van der Waals surface area contributed by atoms with Crippen molar-refractivity contribution < 1.29 is 0 Å². The summed E-state index contributed by atoms with van der Waals surface area (Å²) in [5.41, 5.74) is 17.9. The monoisotopic (exact) mass is 819 g/mol. The van der Waals surface area contributed by atoms with Crippen molar-refractivity contribution in [3.63, 3.8) is 0 Å². The molecule has 0 amide bonds. The van der Waals surface area contributed by atoms with Gasteiger partial charge in [-0.2, -0.15) is 0 Å². The highest BCUT2D eigenvalue weighted by Gasteiger charge is 2.44. The molecule has 12 rings (SSSR count). The zero-order valence-electron chi connectivity index (χ0n) is 36.3. The van der Waals surface area contributed by atoms with Crippen LogP contribution in [0.3, 0.4) is 0 Å². The van der Waals surface area contributed by atoms with Gasteiger partial charge in [-0.25, -0.2) is 0 Å². The minimum Gasteiger partial charge on any atom is -0.311 e. The first-order valence-electron chi connectivity index (χ1n) is 22.4. The van der Waals surface area contributed by atoms with Gasteiger partial charge in [0.2, 0.25) is 0 Å². The van der Waals surface area contributed by atoms with Crippen LogP contribution in [0.2, 0.25) is 0 Å². The molecular weight excluding hydrogens is 773 g/mol. The Morgan fingerprint density at radius 1 is 0.391 bits per heavy atom. The van der Waals surface area contributed by atoms with Crippen LogP contribution in [0, 0.1) is 0 Å². The number of fused-ring (bicyclic) bond motifs is 7. The number of para-hydroxylation sites is 4. The van der Waals surface area contributed by atoms with Crippen molar-refractivity contribution in [3.8, 4) is 11.1 Å². The highest BCUT2D eigenvalue weighted by atomic mass is 15.2. The minimum atomic E-state index is -0.00758. The van der Waals surface area contributed by atoms with Crippen LogP contribution in [0.5, 0.6) is 0 Å². The molecule has 10 aromatic rings. The molecule has 10 aromatic carbocycles. The van der Waals surface area contributed by atoms with Gasteiger partial charge in [0.1, 0.15) is 0 Å². The average Bonchev–Trinajstić information content (AvgIpc) is 3.34. The third kappa shape index (κ3) is 5.97. The lowest BCUT2D eigenvalue weighted by Crippen LogP contribution is -2.61. The molecule has 2 aliphatic heterocycles. The van der Waals surface area contributed by atoms with Gasteiger partial charge in [0.15, 0.2) is 0 Å². The highest BCUT2D eigenvalue weighted by Crippen LogP contribution is 2.52. The van der Waals surface area contributed by atoms with Gasteiger partial charge in [-0.1, -0.05) is 185 Å². The predicted molar refractivity (Wildman–Crippen MR) is 274 cm³/mol. The molecule has 0 N–H and O–H groups in total. The summed E-state index contributed by atoms with van der Waals surface area (Å²) in [6, 6.07) is 83.0. The molecule has 2 aliphatic rings. The summed E-state index contributed by atoms with van der Waals surface area (Å²) in [6.45, 7) is 6.90. The maximum absolute atomic E-state index is 2.56. The topological polar surface area (TPSA) is 9.72 Å². The lowest BCUT2D eigenvalue weighted by Gasteiger charge is -2.45. The largest absolute Gasteiger partial charge is 0.311 e. The molecule has 0 fully saturated rings. The van der Waals surface area contributed by atoms with Gasteiger partial charge in [0, 0.05) is 50.8 Å². The summed E-state index contributed by atoms with van der Waals surface area (Å²) < 4.78 is 0. The SMILES string of the molecule is CC(C)(C)c1ccc(N(c2cc3c4c(c2)N(c2ccccc2)c2ccccc2B4c2ccccc2N3c2ccccc2)c2c(-c3ccccc3)c3ccccc3c3ccccc23)cc1. The summed E-state index contributed by atoms with van der Waals surface area (Å²) in [5, 5.41) is 4.88. The van der Waals surface area contributed by atoms with E-state index in [0.717, 1.165) is 28.4 Å². The van der Waals surface area contributed by atoms with Crippen LogP contribution >= 0.6 is 0 Å². The second-order valence-corrected chi connectivity index (χ2v) is 18.1. The van der Waals surface area contributed by atoms with E-state index in [0.29, 0.717) is 0 Å². The molecule has 0 unspecified atom stereocenters. The third-order valence-electron chi connectivity index (χ3n) is 13.3. The van der Waals surface area contributed by atoms with E-state index in [4.69, 9.17) is 0 Å². The summed E-state index contributed by atoms with van der Waals surface area (Å²) in [4.78, 5) is 7.56. The molecule has 0 radical (unpaired) electrons. The van der Waals surface area contributed by atoms with Gasteiger partial charge in [0.25, 0.3) is 6.71 Å². The Morgan fingerprint density at radius 3 is 1.36 bits per heavy atom. The molecule has 0 saturated heterocycles. The molecule has 304 valence electrons. The van der Waals surface area contributed by atoms with Gasteiger partial charge in [-0.05, 0) is 110 Å². The van der Waals surface area contributed by atoms with Gasteiger partial charge in [-0.3, -0.25) is 0 Å². The molecule has 2 heterocycles. The highest BCUT2D eigenvalue weighted by molar-refractivity contribution is 7.00. The molecule has 0 spiro atoms. The summed E-state index contributed by atoms with van der Waals surface area (Å²) in [6.07, 6.45) is 0. The molecular formula is C60H46BN3. The van der Waals surface area contributed by atoms with E-state index in [-0.39, 0.29) is 12.1 Å². The number of nitrogens with zero attached hydrogens (tertiary/aromatic N) is 3. The fourth-order valence-corrected chi connectivity index (χ4v) is 10.5. The van der Waals surface area contributed by atoms with Gasteiger partial charge >= 0.3 is 0 Å². The van der Waals surface area contributed by atoms with Crippen LogP contribution < -0.4 is 31.1 Å². The van der Waals surface area contributed by atoms with Crippen molar-refractivity contribution in [1.29, 1.82) is 0 Å². The number of hydrogen-bond donors (Lipinski definition) is 0. The summed E-state index contributed by atoms with van der Waals surface area (Å²) in [5.74, 6) is 0. The molecule has 0 saturated carbocycles. The maximum atomic E-state index is 2.56. The Bertz CT molecular complexity index is 3260. The van der Waals surface area contributed by atoms with Crippen molar-refractivity contribution in [2.75, 3.05) is 14.7 Å². The Kier molecular flexibility index (Phi) is 8.84. The minimum absolute atomic E-state index is 0.00758. The van der Waals surface area contributed by atoms with Crippen LogP contribution in [0.15, 0.2) is 224 Å². The van der Waals surface area contributed by atoms with Gasteiger partial charge in [-0.15, -0.1) is 0 Å². The standard InChI is InChI=1S/C60H46BN3/c1-60(2,3)42-35-37-45(38-36-42)62(59-50-30-16-14-28-48(50)47-27-13-15-29-49(47)57(59)41-21-7-4-8-22-41)46-39-55-58-56(40-46)64(44-25-11-6-12-26-44)54-34-20-18-32-52(54)61(58)51-31-17-19-33-53(51)63(55)43-23-9-5-10-24-43/h4-40H,1-3H3. The number of rotatable bonds is 6. The van der Waals surface area contributed by atoms with E-state index in [1.165, 1.54) is 77.4 Å². The Labute approximate surface area is 376 Å². The van der Waals surface area contributed by atoms with Crippen molar-refractivity contribution in [1.82, 2.24) is 0 Å². The van der Waals surface area contributed by atoms with E-state index in [9.17, 15) is 0 Å². The van der Waals surface area contributed by atoms with Crippen LogP contribution in [0.1, 0.15) is 26.3 Å². The van der Waals surface area contributed by atoms with Crippen LogP contribution in [0.4, 0.5) is 51.2 Å². The van der Waals surface area contributed by atoms with E-state index >= 15 is 0 Å². The number of anilines is 9. The zero-order chi connectivity index (χ0) is 42.9. The van der Waals surface area contributed by atoms with E-state index < -0.39 is 0 Å². The number of hydrogen-bond acceptors (Lipinski definition) is 3. The lowest BCUT2D eigenvalue weighted by molar-refractivity contribution is 0.590. The van der Waals surface area contributed by atoms with E-state index in [1.54, 1.807) is 0 Å². The smallest absolute Gasteiger partial charge is 0.252 e. The first-order valence-corrected chi connectivity index (χ1v) is 22.4. The molecule has 64 heavy (non-hydrogen) atoms. The first-order chi connectivity index (χ1) is 31.4. The second kappa shape index (κ2) is 14.9. The van der Waals surface area contributed by atoms with E-state index in [2.05, 4.69) is 260 Å². The maximum Gasteiger partial charge on any atom is 0.252 e. The Hall–Kier alpha value is -7.82. The normalized spacial score (nSPS) is 12.8. The van der Waals surface area contributed by atoms with Crippen molar-refractivity contribution in [2.24, 2.45) is 0 Å². The van der Waals surface area contributed by atoms with Crippen LogP contribution in [0.25, 0.3) is 32.7 Å². The Morgan fingerprint density at radius 2 is 0.828 bits per heavy atom. The van der Waals surface area contributed by atoms with Gasteiger partial charge in [0.05, 0.1) is 11.4 Å². The Balaban J connectivity index is 1.25. The fraction of sp³-hybridized carbons (Fsp3) is 0.0667. The predicted octanol–water partition coefficient (Wildman–Crippen LogP) is 14.5. The van der Waals surface area contributed by atoms with Gasteiger partial charge < -0.3 is 14.7 Å². The van der Waals surface area contributed by atoms with E-state index in [1.807, 2.05) is 0 Å². The van der Waals surface area contributed by atoms with Crippen molar-refractivity contribution in [3.05, 3.63) is 230 Å². The third-order valence-corrected chi connectivity index (χ3v) is 13.3. The zero-order valence-corrected chi connectivity index (χ0v) is 36.3. The molecule has 0 aromatic heterocycles. The van der Waals surface area contributed by atoms with Crippen molar-refractivity contribution >= 4 is 95.8 Å². The molecule has 0 bridgehead atoms. The molecule has 0 aliphatic carbocycles. The lowest BCUT2D eigenvalue weighted by atomic mass is 9.33. The summed E-state index contributed by atoms with van der Waals surface area (Å²) in [7, 11) is 0. The summed E-state index contributed by atoms with van der Waals surface area (Å²) >= 11 is 0.